The Morgan fingerprint density at radius 2 is 1.95 bits per heavy atom. The molecular formula is C15H25N2O3P. The molecule has 0 aromatic carbocycles. The lowest BCUT2D eigenvalue weighted by Crippen LogP contribution is -2.44. The smallest absolute Gasteiger partial charge is 0.288 e. The lowest BCUT2D eigenvalue weighted by atomic mass is 10.0. The SMILES string of the molecule is CC(C)C(=O)C(=O)NC(C=PN1CCCC1C=O)C(C)C. The second-order valence-corrected chi connectivity index (χ2v) is 7.08. The number of nitrogens with zero attached hydrogens (tertiary/aromatic N) is 1. The summed E-state index contributed by atoms with van der Waals surface area (Å²) in [6.45, 7) is 8.32. The average molecular weight is 312 g/mol. The van der Waals surface area contributed by atoms with Crippen molar-refractivity contribution in [2.45, 2.75) is 52.6 Å². The van der Waals surface area contributed by atoms with Crippen LogP contribution in [0.25, 0.3) is 0 Å². The van der Waals surface area contributed by atoms with Crippen LogP contribution in [0.4, 0.5) is 0 Å². The molecule has 0 aliphatic carbocycles. The summed E-state index contributed by atoms with van der Waals surface area (Å²) in [5, 5.41) is 2.79. The van der Waals surface area contributed by atoms with Crippen molar-refractivity contribution in [2.75, 3.05) is 6.54 Å². The van der Waals surface area contributed by atoms with E-state index in [-0.39, 0.29) is 23.9 Å². The maximum Gasteiger partial charge on any atom is 0.288 e. The van der Waals surface area contributed by atoms with Gasteiger partial charge in [0.25, 0.3) is 5.91 Å². The quantitative estimate of drug-likeness (QED) is 0.441. The molecular weight excluding hydrogens is 287 g/mol. The number of nitrogens with one attached hydrogen (secondary N) is 1. The molecule has 118 valence electrons. The highest BCUT2D eigenvalue weighted by molar-refractivity contribution is 7.36. The number of aldehydes is 1. The maximum atomic E-state index is 11.9. The number of carbonyl (C=O) groups excluding carboxylic acids is 3. The Labute approximate surface area is 128 Å². The summed E-state index contributed by atoms with van der Waals surface area (Å²) in [4.78, 5) is 34.5. The van der Waals surface area contributed by atoms with Crippen molar-refractivity contribution in [2.24, 2.45) is 11.8 Å². The Morgan fingerprint density at radius 3 is 2.48 bits per heavy atom. The zero-order chi connectivity index (χ0) is 16.0. The summed E-state index contributed by atoms with van der Waals surface area (Å²) in [7, 11) is 0.926. The highest BCUT2D eigenvalue weighted by Crippen LogP contribution is 2.23. The predicted molar refractivity (Wildman–Crippen MR) is 85.4 cm³/mol. The number of hydrogen-bond donors (Lipinski definition) is 1. The summed E-state index contributed by atoms with van der Waals surface area (Å²) in [5.41, 5.74) is 0. The Bertz CT molecular complexity index is 421. The number of Topliss-reactive ketones (excluding diaryl/α,β-unsaturated/α-hetero) is 1. The molecule has 0 aromatic heterocycles. The molecule has 1 heterocycles. The summed E-state index contributed by atoms with van der Waals surface area (Å²) in [5.74, 6) is 0.950. The lowest BCUT2D eigenvalue weighted by molar-refractivity contribution is -0.139. The van der Waals surface area contributed by atoms with Gasteiger partial charge in [-0.1, -0.05) is 27.7 Å². The van der Waals surface area contributed by atoms with Gasteiger partial charge in [0.15, 0.2) is 0 Å². The first-order valence-corrected chi connectivity index (χ1v) is 8.39. The molecule has 1 amide bonds. The molecule has 2 atom stereocenters. The molecule has 1 rings (SSSR count). The van der Waals surface area contributed by atoms with Gasteiger partial charge in [0.2, 0.25) is 5.78 Å². The van der Waals surface area contributed by atoms with E-state index < -0.39 is 11.7 Å². The van der Waals surface area contributed by atoms with Crippen molar-refractivity contribution >= 4 is 32.1 Å². The topological polar surface area (TPSA) is 66.5 Å². The Morgan fingerprint density at radius 1 is 1.29 bits per heavy atom. The molecule has 1 saturated heterocycles. The molecule has 1 N–H and O–H groups in total. The second kappa shape index (κ2) is 8.40. The first-order chi connectivity index (χ1) is 9.86. The molecule has 2 unspecified atom stereocenters. The molecule has 5 nitrogen and oxygen atoms in total. The van der Waals surface area contributed by atoms with Crippen LogP contribution >= 0.6 is 8.35 Å². The second-order valence-electron chi connectivity index (χ2n) is 6.04. The normalized spacial score (nSPS) is 21.1. The standard InChI is InChI=1S/C15H25N2O3P/c1-10(2)13(16-15(20)14(19)11(3)4)9-21-17-7-5-6-12(17)8-18/h8-13H,5-7H2,1-4H3,(H,16,20). The van der Waals surface area contributed by atoms with Crippen LogP contribution in [0.15, 0.2) is 0 Å². The predicted octanol–water partition coefficient (Wildman–Crippen LogP) is 1.68. The number of ketones is 1. The van der Waals surface area contributed by atoms with Crippen LogP contribution in [0.2, 0.25) is 0 Å². The van der Waals surface area contributed by atoms with Crippen LogP contribution in [0.3, 0.4) is 0 Å². The van der Waals surface area contributed by atoms with Crippen molar-refractivity contribution < 1.29 is 14.4 Å². The van der Waals surface area contributed by atoms with Crippen molar-refractivity contribution in [3.05, 3.63) is 0 Å². The monoisotopic (exact) mass is 312 g/mol. The van der Waals surface area contributed by atoms with Crippen LogP contribution in [0.5, 0.6) is 0 Å². The molecule has 0 aromatic rings. The van der Waals surface area contributed by atoms with Gasteiger partial charge < -0.3 is 10.1 Å². The van der Waals surface area contributed by atoms with Gasteiger partial charge in [-0.05, 0) is 32.9 Å². The number of carbonyl (C=O) groups is 3. The molecule has 0 saturated carbocycles. The van der Waals surface area contributed by atoms with Crippen LogP contribution in [-0.4, -0.2) is 47.1 Å². The van der Waals surface area contributed by atoms with E-state index in [4.69, 9.17) is 0 Å². The summed E-state index contributed by atoms with van der Waals surface area (Å²) >= 11 is 0. The molecule has 1 aliphatic rings. The Hall–Kier alpha value is -1.06. The van der Waals surface area contributed by atoms with E-state index in [2.05, 4.69) is 9.99 Å². The average Bonchev–Trinajstić information content (AvgIpc) is 2.89. The van der Waals surface area contributed by atoms with Crippen LogP contribution in [0.1, 0.15) is 40.5 Å². The van der Waals surface area contributed by atoms with Gasteiger partial charge in [0.1, 0.15) is 6.29 Å². The van der Waals surface area contributed by atoms with E-state index in [0.717, 1.165) is 34.0 Å². The maximum absolute atomic E-state index is 11.9. The van der Waals surface area contributed by atoms with E-state index in [1.807, 2.05) is 19.6 Å². The van der Waals surface area contributed by atoms with Crippen molar-refractivity contribution in [1.82, 2.24) is 9.99 Å². The number of hydrogen-bond acceptors (Lipinski definition) is 4. The Kier molecular flexibility index (Phi) is 7.20. The fourth-order valence-electron chi connectivity index (χ4n) is 2.08. The zero-order valence-corrected chi connectivity index (χ0v) is 14.1. The first kappa shape index (κ1) is 18.0. The third-order valence-corrected chi connectivity index (χ3v) is 4.81. The van der Waals surface area contributed by atoms with Gasteiger partial charge in [0.05, 0.1) is 12.1 Å². The molecule has 0 radical (unpaired) electrons. The van der Waals surface area contributed by atoms with Gasteiger partial charge in [-0.15, -0.1) is 0 Å². The van der Waals surface area contributed by atoms with E-state index in [9.17, 15) is 14.4 Å². The summed E-state index contributed by atoms with van der Waals surface area (Å²) in [6.07, 6.45) is 2.91. The third-order valence-electron chi connectivity index (χ3n) is 3.57. The molecule has 6 heteroatoms. The first-order valence-electron chi connectivity index (χ1n) is 7.47. The van der Waals surface area contributed by atoms with Gasteiger partial charge in [0, 0.05) is 12.5 Å². The zero-order valence-electron chi connectivity index (χ0n) is 13.2. The number of rotatable bonds is 7. The van der Waals surface area contributed by atoms with Gasteiger partial charge in [-0.3, -0.25) is 9.59 Å². The summed E-state index contributed by atoms with van der Waals surface area (Å²) < 4.78 is 2.08. The molecule has 0 spiro atoms. The molecule has 1 aliphatic heterocycles. The van der Waals surface area contributed by atoms with Gasteiger partial charge >= 0.3 is 0 Å². The van der Waals surface area contributed by atoms with E-state index in [1.165, 1.54) is 0 Å². The van der Waals surface area contributed by atoms with Crippen molar-refractivity contribution in [3.63, 3.8) is 0 Å². The molecule has 21 heavy (non-hydrogen) atoms. The van der Waals surface area contributed by atoms with Crippen LogP contribution in [0, 0.1) is 11.8 Å². The van der Waals surface area contributed by atoms with Crippen LogP contribution in [-0.2, 0) is 14.4 Å². The molecule has 1 fully saturated rings. The fourth-order valence-corrected chi connectivity index (χ4v) is 3.41. The van der Waals surface area contributed by atoms with Crippen LogP contribution < -0.4 is 5.32 Å². The largest absolute Gasteiger partial charge is 0.343 e. The summed E-state index contributed by atoms with van der Waals surface area (Å²) in [6, 6.07) is -0.196. The van der Waals surface area contributed by atoms with E-state index >= 15 is 0 Å². The number of amides is 1. The van der Waals surface area contributed by atoms with Crippen molar-refractivity contribution in [3.8, 4) is 0 Å². The minimum atomic E-state index is -0.525. The minimum absolute atomic E-state index is 0.0243. The highest BCUT2D eigenvalue weighted by atomic mass is 31.1. The van der Waals surface area contributed by atoms with E-state index in [1.54, 1.807) is 13.8 Å². The fraction of sp³-hybridized carbons (Fsp3) is 0.733. The minimum Gasteiger partial charge on any atom is -0.343 e. The highest BCUT2D eigenvalue weighted by Gasteiger charge is 2.24. The Balaban J connectivity index is 2.67. The van der Waals surface area contributed by atoms with Gasteiger partial charge in [-0.25, -0.2) is 4.67 Å². The third kappa shape index (κ3) is 5.33. The lowest BCUT2D eigenvalue weighted by Gasteiger charge is -2.20. The molecule has 0 bridgehead atoms. The van der Waals surface area contributed by atoms with E-state index in [0.29, 0.717) is 0 Å². The van der Waals surface area contributed by atoms with Crippen molar-refractivity contribution in [1.29, 1.82) is 0 Å². The van der Waals surface area contributed by atoms with Gasteiger partial charge in [-0.2, -0.15) is 0 Å².